The molecule has 0 saturated heterocycles. The second-order valence-electron chi connectivity index (χ2n) is 6.35. The number of hydrogen-bond donors (Lipinski definition) is 1. The lowest BCUT2D eigenvalue weighted by molar-refractivity contribution is -0.141. The zero-order chi connectivity index (χ0) is 21.4. The van der Waals surface area contributed by atoms with Crippen LogP contribution in [0.2, 0.25) is 0 Å². The molecule has 5 nitrogen and oxygen atoms in total. The zero-order valence-corrected chi connectivity index (χ0v) is 16.1. The van der Waals surface area contributed by atoms with Crippen molar-refractivity contribution < 1.29 is 26.0 Å². The summed E-state index contributed by atoms with van der Waals surface area (Å²) in [5.41, 5.74) is -1.04. The maximum atomic E-state index is 13.7. The van der Waals surface area contributed by atoms with Crippen molar-refractivity contribution in [2.24, 2.45) is 5.14 Å². The SMILES string of the molecule is CCCc1c(C(F)(F)F)nn(-c2ccccc2S(N)(=O)=O)c1-c1ccc(F)cc1. The van der Waals surface area contributed by atoms with E-state index >= 15 is 0 Å². The Labute approximate surface area is 164 Å². The van der Waals surface area contributed by atoms with Crippen molar-refractivity contribution in [3.63, 3.8) is 0 Å². The summed E-state index contributed by atoms with van der Waals surface area (Å²) in [7, 11) is -4.24. The van der Waals surface area contributed by atoms with Gasteiger partial charge >= 0.3 is 6.18 Å². The maximum absolute atomic E-state index is 13.7. The molecule has 10 heteroatoms. The number of primary sulfonamides is 1. The predicted octanol–water partition coefficient (Wildman–Crippen LogP) is 4.30. The number of para-hydroxylation sites is 1. The average Bonchev–Trinajstić information content (AvgIpc) is 3.01. The molecule has 2 N–H and O–H groups in total. The van der Waals surface area contributed by atoms with Gasteiger partial charge in [0.15, 0.2) is 5.69 Å². The summed E-state index contributed by atoms with van der Waals surface area (Å²) >= 11 is 0. The van der Waals surface area contributed by atoms with Crippen LogP contribution in [0.25, 0.3) is 16.9 Å². The number of benzene rings is 2. The topological polar surface area (TPSA) is 78.0 Å². The van der Waals surface area contributed by atoms with Crippen LogP contribution in [-0.4, -0.2) is 18.2 Å². The van der Waals surface area contributed by atoms with E-state index in [0.717, 1.165) is 16.8 Å². The Morgan fingerprint density at radius 3 is 2.24 bits per heavy atom. The molecule has 0 unspecified atom stereocenters. The number of aromatic nitrogens is 2. The molecule has 0 aliphatic rings. The van der Waals surface area contributed by atoms with E-state index < -0.39 is 27.7 Å². The first-order chi connectivity index (χ1) is 13.5. The number of halogens is 4. The van der Waals surface area contributed by atoms with Crippen molar-refractivity contribution in [1.29, 1.82) is 0 Å². The fourth-order valence-corrected chi connectivity index (χ4v) is 3.83. The average molecular weight is 427 g/mol. The second-order valence-corrected chi connectivity index (χ2v) is 7.88. The molecule has 2 aromatic carbocycles. The van der Waals surface area contributed by atoms with Crippen LogP contribution in [0.3, 0.4) is 0 Å². The van der Waals surface area contributed by atoms with E-state index in [9.17, 15) is 26.0 Å². The molecule has 3 rings (SSSR count). The van der Waals surface area contributed by atoms with Crippen LogP contribution in [0.1, 0.15) is 24.6 Å². The fraction of sp³-hybridized carbons (Fsp3) is 0.211. The van der Waals surface area contributed by atoms with Gasteiger partial charge in [-0.05, 0) is 42.8 Å². The highest BCUT2D eigenvalue weighted by Crippen LogP contribution is 2.39. The molecule has 0 fully saturated rings. The molecule has 154 valence electrons. The minimum Gasteiger partial charge on any atom is -0.231 e. The first kappa shape index (κ1) is 21.0. The Balaban J connectivity index is 2.43. The molecular weight excluding hydrogens is 410 g/mol. The van der Waals surface area contributed by atoms with Crippen molar-refractivity contribution in [1.82, 2.24) is 9.78 Å². The summed E-state index contributed by atoms with van der Waals surface area (Å²) in [4.78, 5) is -0.373. The summed E-state index contributed by atoms with van der Waals surface area (Å²) in [6.45, 7) is 1.71. The van der Waals surface area contributed by atoms with Crippen LogP contribution >= 0.6 is 0 Å². The molecule has 29 heavy (non-hydrogen) atoms. The van der Waals surface area contributed by atoms with Crippen molar-refractivity contribution >= 4 is 10.0 Å². The molecule has 0 amide bonds. The van der Waals surface area contributed by atoms with Crippen LogP contribution in [-0.2, 0) is 22.6 Å². The van der Waals surface area contributed by atoms with Gasteiger partial charge < -0.3 is 0 Å². The molecule has 0 radical (unpaired) electrons. The van der Waals surface area contributed by atoms with Crippen LogP contribution in [0.4, 0.5) is 17.6 Å². The van der Waals surface area contributed by atoms with Gasteiger partial charge in [-0.3, -0.25) is 0 Å². The third kappa shape index (κ3) is 4.18. The summed E-state index contributed by atoms with van der Waals surface area (Å²) in [6.07, 6.45) is -4.33. The second kappa shape index (κ2) is 7.60. The monoisotopic (exact) mass is 427 g/mol. The normalized spacial score (nSPS) is 12.3. The lowest BCUT2D eigenvalue weighted by Crippen LogP contribution is -2.16. The number of nitrogens with two attached hydrogens (primary N) is 1. The highest BCUT2D eigenvalue weighted by Gasteiger charge is 2.39. The van der Waals surface area contributed by atoms with Crippen molar-refractivity contribution in [2.75, 3.05) is 0 Å². The van der Waals surface area contributed by atoms with E-state index in [1.807, 2.05) is 0 Å². The highest BCUT2D eigenvalue weighted by molar-refractivity contribution is 7.89. The molecule has 3 aromatic rings. The molecule has 1 heterocycles. The number of alkyl halides is 3. The van der Waals surface area contributed by atoms with Gasteiger partial charge in [0, 0.05) is 11.1 Å². The smallest absolute Gasteiger partial charge is 0.231 e. The molecule has 0 bridgehead atoms. The van der Waals surface area contributed by atoms with E-state index in [2.05, 4.69) is 5.10 Å². The van der Waals surface area contributed by atoms with Gasteiger partial charge in [0.1, 0.15) is 10.7 Å². The van der Waals surface area contributed by atoms with E-state index in [1.165, 1.54) is 36.4 Å². The predicted molar refractivity (Wildman–Crippen MR) is 99.3 cm³/mol. The van der Waals surface area contributed by atoms with Gasteiger partial charge in [-0.2, -0.15) is 18.3 Å². The third-order valence-electron chi connectivity index (χ3n) is 4.27. The van der Waals surface area contributed by atoms with Crippen molar-refractivity contribution in [2.45, 2.75) is 30.8 Å². The van der Waals surface area contributed by atoms with Gasteiger partial charge in [0.05, 0.1) is 11.4 Å². The highest BCUT2D eigenvalue weighted by atomic mass is 32.2. The summed E-state index contributed by atoms with van der Waals surface area (Å²) in [5, 5.41) is 8.97. The molecule has 0 atom stereocenters. The summed E-state index contributed by atoms with van der Waals surface area (Å²) in [6, 6.07) is 10.2. The van der Waals surface area contributed by atoms with E-state index in [0.29, 0.717) is 6.42 Å². The maximum Gasteiger partial charge on any atom is 0.435 e. The van der Waals surface area contributed by atoms with Gasteiger partial charge in [-0.25, -0.2) is 22.6 Å². The standard InChI is InChI=1S/C19H17F4N3O2S/c1-2-5-14-17(12-8-10-13(20)11-9-12)26(25-18(14)19(21,22)23)15-6-3-4-7-16(15)29(24,27)28/h3-4,6-11H,2,5H2,1H3,(H2,24,27,28). The summed E-state index contributed by atoms with van der Waals surface area (Å²) in [5.74, 6) is -0.558. The number of rotatable bonds is 5. The van der Waals surface area contributed by atoms with Gasteiger partial charge in [0.2, 0.25) is 10.0 Å². The summed E-state index contributed by atoms with van der Waals surface area (Å²) < 4.78 is 79.5. The first-order valence-electron chi connectivity index (χ1n) is 8.61. The van der Waals surface area contributed by atoms with E-state index in [4.69, 9.17) is 5.14 Å². The first-order valence-corrected chi connectivity index (χ1v) is 10.2. The Bertz CT molecular complexity index is 1140. The van der Waals surface area contributed by atoms with Crippen LogP contribution in [0, 0.1) is 5.82 Å². The molecular formula is C19H17F4N3O2S. The Morgan fingerprint density at radius 1 is 1.07 bits per heavy atom. The van der Waals surface area contributed by atoms with Gasteiger partial charge in [-0.1, -0.05) is 25.5 Å². The van der Waals surface area contributed by atoms with Crippen molar-refractivity contribution in [3.05, 3.63) is 65.6 Å². The Morgan fingerprint density at radius 2 is 1.69 bits per heavy atom. The van der Waals surface area contributed by atoms with Crippen molar-refractivity contribution in [3.8, 4) is 16.9 Å². The fourth-order valence-electron chi connectivity index (χ4n) is 3.12. The Kier molecular flexibility index (Phi) is 5.50. The lowest BCUT2D eigenvalue weighted by Gasteiger charge is -2.13. The molecule has 0 saturated carbocycles. The molecule has 0 spiro atoms. The lowest BCUT2D eigenvalue weighted by atomic mass is 10.0. The van der Waals surface area contributed by atoms with E-state index in [1.54, 1.807) is 6.92 Å². The minimum absolute atomic E-state index is 0.0373. The molecule has 0 aliphatic heterocycles. The minimum atomic E-state index is -4.76. The molecule has 1 aromatic heterocycles. The van der Waals surface area contributed by atoms with Gasteiger partial charge in [-0.15, -0.1) is 0 Å². The third-order valence-corrected chi connectivity index (χ3v) is 5.23. The number of sulfonamides is 1. The van der Waals surface area contributed by atoms with Crippen LogP contribution in [0.5, 0.6) is 0 Å². The zero-order valence-electron chi connectivity index (χ0n) is 15.2. The van der Waals surface area contributed by atoms with E-state index in [-0.39, 0.29) is 33.8 Å². The largest absolute Gasteiger partial charge is 0.435 e. The molecule has 0 aliphatic carbocycles. The Hall–Kier alpha value is -2.72. The quantitative estimate of drug-likeness (QED) is 0.617. The number of hydrogen-bond acceptors (Lipinski definition) is 3. The van der Waals surface area contributed by atoms with Crippen LogP contribution < -0.4 is 5.14 Å². The van der Waals surface area contributed by atoms with Crippen LogP contribution in [0.15, 0.2) is 53.4 Å². The number of nitrogens with zero attached hydrogens (tertiary/aromatic N) is 2. The van der Waals surface area contributed by atoms with Gasteiger partial charge in [0.25, 0.3) is 0 Å².